The summed E-state index contributed by atoms with van der Waals surface area (Å²) < 4.78 is 5.97. The van der Waals surface area contributed by atoms with Crippen LogP contribution in [0.15, 0.2) is 24.3 Å². The Balaban J connectivity index is 1.61. The average molecular weight is 294 g/mol. The van der Waals surface area contributed by atoms with E-state index in [1.807, 2.05) is 0 Å². The highest BCUT2D eigenvalue weighted by Crippen LogP contribution is 2.29. The summed E-state index contributed by atoms with van der Waals surface area (Å²) in [5, 5.41) is 3.72. The first kappa shape index (κ1) is 14.4. The summed E-state index contributed by atoms with van der Waals surface area (Å²) in [6, 6.07) is 9.24. The number of fused-ring (bicyclic) bond motifs is 1. The monoisotopic (exact) mass is 293 g/mol. The highest BCUT2D eigenvalue weighted by Gasteiger charge is 2.26. The van der Waals surface area contributed by atoms with E-state index in [4.69, 9.17) is 16.3 Å². The molecule has 2 nitrogen and oxygen atoms in total. The van der Waals surface area contributed by atoms with E-state index >= 15 is 0 Å². The summed E-state index contributed by atoms with van der Waals surface area (Å²) >= 11 is 6.11. The van der Waals surface area contributed by atoms with Crippen LogP contribution in [0, 0.1) is 5.92 Å². The van der Waals surface area contributed by atoms with Gasteiger partial charge >= 0.3 is 0 Å². The van der Waals surface area contributed by atoms with Crippen LogP contribution in [0.3, 0.4) is 0 Å². The van der Waals surface area contributed by atoms with Gasteiger partial charge in [-0.2, -0.15) is 0 Å². The van der Waals surface area contributed by atoms with Crippen molar-refractivity contribution in [2.24, 2.45) is 5.92 Å². The molecule has 1 aliphatic carbocycles. The first-order valence-corrected chi connectivity index (χ1v) is 8.40. The summed E-state index contributed by atoms with van der Waals surface area (Å²) in [6.07, 6.45) is 6.43. The van der Waals surface area contributed by atoms with Crippen molar-refractivity contribution in [2.45, 2.75) is 44.2 Å². The van der Waals surface area contributed by atoms with Crippen LogP contribution >= 0.6 is 11.6 Å². The molecule has 110 valence electrons. The van der Waals surface area contributed by atoms with Crippen LogP contribution in [-0.2, 0) is 11.2 Å². The fraction of sp³-hybridized carbons (Fsp3) is 0.647. The molecule has 0 radical (unpaired) electrons. The maximum Gasteiger partial charge on any atom is 0.0952 e. The second-order valence-electron chi connectivity index (χ2n) is 6.02. The Labute approximate surface area is 126 Å². The normalized spacial score (nSPS) is 29.9. The lowest BCUT2D eigenvalue weighted by atomic mass is 9.85. The molecule has 1 fully saturated rings. The van der Waals surface area contributed by atoms with Gasteiger partial charge in [0.05, 0.1) is 12.7 Å². The Bertz CT molecular complexity index is 437. The summed E-state index contributed by atoms with van der Waals surface area (Å²) in [6.45, 7) is 1.75. The van der Waals surface area contributed by atoms with Gasteiger partial charge in [-0.25, -0.2) is 0 Å². The Morgan fingerprint density at radius 3 is 2.95 bits per heavy atom. The first-order valence-electron chi connectivity index (χ1n) is 7.87. The molecular formula is C17H24ClNO. The number of hydrogen-bond donors (Lipinski definition) is 1. The van der Waals surface area contributed by atoms with Crippen molar-refractivity contribution in [3.8, 4) is 0 Å². The summed E-state index contributed by atoms with van der Waals surface area (Å²) in [5.74, 6) is 1.41. The fourth-order valence-electron chi connectivity index (χ4n) is 3.57. The fourth-order valence-corrected chi connectivity index (χ4v) is 3.93. The van der Waals surface area contributed by atoms with E-state index in [0.717, 1.165) is 25.5 Å². The zero-order valence-corrected chi connectivity index (χ0v) is 12.7. The zero-order valence-electron chi connectivity index (χ0n) is 12.0. The summed E-state index contributed by atoms with van der Waals surface area (Å²) in [7, 11) is 0. The molecule has 1 saturated carbocycles. The zero-order chi connectivity index (χ0) is 13.8. The van der Waals surface area contributed by atoms with E-state index in [-0.39, 0.29) is 6.10 Å². The van der Waals surface area contributed by atoms with Gasteiger partial charge in [0, 0.05) is 18.5 Å². The van der Waals surface area contributed by atoms with E-state index in [2.05, 4.69) is 29.6 Å². The van der Waals surface area contributed by atoms with Crippen molar-refractivity contribution in [1.29, 1.82) is 0 Å². The lowest BCUT2D eigenvalue weighted by Crippen LogP contribution is -2.42. The van der Waals surface area contributed by atoms with Crippen LogP contribution in [0.4, 0.5) is 0 Å². The topological polar surface area (TPSA) is 21.3 Å². The van der Waals surface area contributed by atoms with Gasteiger partial charge < -0.3 is 10.1 Å². The highest BCUT2D eigenvalue weighted by molar-refractivity contribution is 6.18. The first-order chi connectivity index (χ1) is 9.88. The summed E-state index contributed by atoms with van der Waals surface area (Å²) in [5.41, 5.74) is 2.81. The molecule has 1 aromatic carbocycles. The van der Waals surface area contributed by atoms with Crippen LogP contribution in [0.5, 0.6) is 0 Å². The standard InChI is InChI=1S/C17H24ClNO/c18-11-14-6-2-4-8-16(14)19-12-17-15-7-3-1-5-13(15)9-10-20-17/h1,3,5,7,14,16-17,19H,2,4,6,8-12H2. The van der Waals surface area contributed by atoms with Gasteiger partial charge in [-0.3, -0.25) is 0 Å². The molecule has 1 aromatic rings. The minimum Gasteiger partial charge on any atom is -0.372 e. The van der Waals surface area contributed by atoms with E-state index in [9.17, 15) is 0 Å². The maximum atomic E-state index is 6.11. The predicted octanol–water partition coefficient (Wildman–Crippen LogP) is 3.69. The molecule has 1 aliphatic heterocycles. The SMILES string of the molecule is ClCC1CCCCC1NCC1OCCc2ccccc21. The number of hydrogen-bond acceptors (Lipinski definition) is 2. The summed E-state index contributed by atoms with van der Waals surface area (Å²) in [4.78, 5) is 0. The third kappa shape index (κ3) is 3.19. The van der Waals surface area contributed by atoms with E-state index < -0.39 is 0 Å². The van der Waals surface area contributed by atoms with Crippen LogP contribution in [-0.4, -0.2) is 25.1 Å². The molecule has 20 heavy (non-hydrogen) atoms. The molecule has 1 heterocycles. The lowest BCUT2D eigenvalue weighted by molar-refractivity contribution is 0.0382. The van der Waals surface area contributed by atoms with Crippen LogP contribution < -0.4 is 5.32 Å². The van der Waals surface area contributed by atoms with Gasteiger partial charge in [0.25, 0.3) is 0 Å². The molecule has 0 bridgehead atoms. The largest absolute Gasteiger partial charge is 0.372 e. The van der Waals surface area contributed by atoms with Gasteiger partial charge in [0.2, 0.25) is 0 Å². The van der Waals surface area contributed by atoms with Crippen molar-refractivity contribution in [3.63, 3.8) is 0 Å². The number of alkyl halides is 1. The Morgan fingerprint density at radius 1 is 1.20 bits per heavy atom. The Kier molecular flexibility index (Phi) is 4.98. The molecule has 0 aromatic heterocycles. The molecule has 3 heteroatoms. The van der Waals surface area contributed by atoms with Crippen molar-refractivity contribution in [2.75, 3.05) is 19.0 Å². The Hall–Kier alpha value is -0.570. The van der Waals surface area contributed by atoms with E-state index in [1.165, 1.54) is 36.8 Å². The van der Waals surface area contributed by atoms with Gasteiger partial charge in [0.15, 0.2) is 0 Å². The van der Waals surface area contributed by atoms with Gasteiger partial charge in [0.1, 0.15) is 0 Å². The number of rotatable bonds is 4. The molecule has 0 amide bonds. The minimum absolute atomic E-state index is 0.206. The number of halogens is 1. The Morgan fingerprint density at radius 2 is 2.05 bits per heavy atom. The van der Waals surface area contributed by atoms with Crippen LogP contribution in [0.1, 0.15) is 42.9 Å². The highest BCUT2D eigenvalue weighted by atomic mass is 35.5. The van der Waals surface area contributed by atoms with Crippen molar-refractivity contribution < 1.29 is 4.74 Å². The van der Waals surface area contributed by atoms with Gasteiger partial charge in [-0.1, -0.05) is 37.1 Å². The molecule has 0 saturated heterocycles. The molecule has 0 spiro atoms. The smallest absolute Gasteiger partial charge is 0.0952 e. The van der Waals surface area contributed by atoms with Crippen molar-refractivity contribution >= 4 is 11.6 Å². The molecule has 3 atom stereocenters. The second-order valence-corrected chi connectivity index (χ2v) is 6.33. The van der Waals surface area contributed by atoms with E-state index in [1.54, 1.807) is 0 Å². The molecule has 3 rings (SSSR count). The maximum absolute atomic E-state index is 6.11. The molecule has 3 unspecified atom stereocenters. The third-order valence-electron chi connectivity index (χ3n) is 4.77. The second kappa shape index (κ2) is 6.93. The molecular weight excluding hydrogens is 270 g/mol. The number of ether oxygens (including phenoxy) is 1. The van der Waals surface area contributed by atoms with Gasteiger partial charge in [-0.15, -0.1) is 11.6 Å². The predicted molar refractivity (Wildman–Crippen MR) is 83.3 cm³/mol. The van der Waals surface area contributed by atoms with Gasteiger partial charge in [-0.05, 0) is 36.3 Å². The van der Waals surface area contributed by atoms with Crippen LogP contribution in [0.25, 0.3) is 0 Å². The minimum atomic E-state index is 0.206. The molecule has 2 aliphatic rings. The van der Waals surface area contributed by atoms with Crippen molar-refractivity contribution in [3.05, 3.63) is 35.4 Å². The molecule has 1 N–H and O–H groups in total. The lowest BCUT2D eigenvalue weighted by Gasteiger charge is -2.33. The quantitative estimate of drug-likeness (QED) is 0.855. The van der Waals surface area contributed by atoms with E-state index in [0.29, 0.717) is 12.0 Å². The van der Waals surface area contributed by atoms with Crippen LogP contribution in [0.2, 0.25) is 0 Å². The third-order valence-corrected chi connectivity index (χ3v) is 5.16. The number of nitrogens with one attached hydrogen (secondary N) is 1. The van der Waals surface area contributed by atoms with Crippen molar-refractivity contribution in [1.82, 2.24) is 5.32 Å². The average Bonchev–Trinajstić information content (AvgIpc) is 2.53. The number of benzene rings is 1.